The van der Waals surface area contributed by atoms with Crippen LogP contribution in [0.2, 0.25) is 0 Å². The summed E-state index contributed by atoms with van der Waals surface area (Å²) in [5.74, 6) is 0.904. The second-order valence-electron chi connectivity index (χ2n) is 6.24. The number of ether oxygens (including phenoxy) is 2. The quantitative estimate of drug-likeness (QED) is 0.856. The molecule has 2 aliphatic heterocycles. The monoisotopic (exact) mass is 344 g/mol. The zero-order valence-electron chi connectivity index (χ0n) is 13.3. The van der Waals surface area contributed by atoms with E-state index >= 15 is 0 Å². The van der Waals surface area contributed by atoms with Crippen molar-refractivity contribution in [1.29, 1.82) is 0 Å². The van der Waals surface area contributed by atoms with E-state index in [1.807, 2.05) is 33.9 Å². The van der Waals surface area contributed by atoms with Gasteiger partial charge in [0.15, 0.2) is 0 Å². The lowest BCUT2D eigenvalue weighted by molar-refractivity contribution is -0.0802. The van der Waals surface area contributed by atoms with Gasteiger partial charge in [0.25, 0.3) is 5.91 Å². The second kappa shape index (κ2) is 6.91. The van der Waals surface area contributed by atoms with Gasteiger partial charge >= 0.3 is 0 Å². The van der Waals surface area contributed by atoms with Crippen LogP contribution in [0.15, 0.2) is 41.4 Å². The van der Waals surface area contributed by atoms with Crippen LogP contribution in [-0.2, 0) is 4.74 Å². The fraction of sp³-hybridized carbons (Fsp3) is 0.444. The van der Waals surface area contributed by atoms with Crippen molar-refractivity contribution < 1.29 is 14.3 Å². The number of thiophene rings is 1. The van der Waals surface area contributed by atoms with Gasteiger partial charge in [0.1, 0.15) is 12.4 Å². The zero-order chi connectivity index (χ0) is 16.4. The molecule has 2 aromatic rings. The van der Waals surface area contributed by atoms with E-state index in [4.69, 9.17) is 9.47 Å². The Kier molecular flexibility index (Phi) is 4.49. The Morgan fingerprint density at radius 3 is 3.12 bits per heavy atom. The minimum atomic E-state index is 0.0858. The molecule has 2 aliphatic rings. The Labute approximate surface area is 145 Å². The summed E-state index contributed by atoms with van der Waals surface area (Å²) in [5.41, 5.74) is 0.794. The normalized spacial score (nSPS) is 26.2. The van der Waals surface area contributed by atoms with Crippen molar-refractivity contribution in [2.75, 3.05) is 13.2 Å². The highest BCUT2D eigenvalue weighted by molar-refractivity contribution is 7.08. The van der Waals surface area contributed by atoms with Gasteiger partial charge in [0.2, 0.25) is 0 Å². The van der Waals surface area contributed by atoms with Crippen LogP contribution in [0.4, 0.5) is 0 Å². The largest absolute Gasteiger partial charge is 0.489 e. The van der Waals surface area contributed by atoms with Gasteiger partial charge in [0, 0.05) is 18.1 Å². The summed E-state index contributed by atoms with van der Waals surface area (Å²) in [7, 11) is 0. The van der Waals surface area contributed by atoms with Crippen LogP contribution >= 0.6 is 11.3 Å². The Morgan fingerprint density at radius 1 is 1.38 bits per heavy atom. The fourth-order valence-electron chi connectivity index (χ4n) is 3.55. The topological polar surface area (TPSA) is 51.7 Å². The molecule has 0 N–H and O–H groups in total. The lowest BCUT2D eigenvalue weighted by atomic mass is 9.99. The molecule has 0 unspecified atom stereocenters. The number of hydrogen-bond acceptors (Lipinski definition) is 5. The first-order chi connectivity index (χ1) is 11.8. The molecule has 2 fully saturated rings. The molecule has 1 amide bonds. The maximum atomic E-state index is 12.6. The number of carbonyl (C=O) groups excluding carboxylic acids is 1. The number of hydrogen-bond donors (Lipinski definition) is 0. The smallest absolute Gasteiger partial charge is 0.255 e. The predicted octanol–water partition coefficient (Wildman–Crippen LogP) is 2.98. The van der Waals surface area contributed by atoms with Gasteiger partial charge in [0.05, 0.1) is 30.0 Å². The third kappa shape index (κ3) is 3.16. The highest BCUT2D eigenvalue weighted by atomic mass is 32.1. The second-order valence-corrected chi connectivity index (χ2v) is 7.02. The van der Waals surface area contributed by atoms with E-state index in [2.05, 4.69) is 4.98 Å². The highest BCUT2D eigenvalue weighted by Gasteiger charge is 2.42. The summed E-state index contributed by atoms with van der Waals surface area (Å²) in [6.07, 6.45) is 6.45. The van der Waals surface area contributed by atoms with Crippen molar-refractivity contribution in [3.8, 4) is 5.75 Å². The maximum Gasteiger partial charge on any atom is 0.255 e. The molecule has 0 aromatic carbocycles. The van der Waals surface area contributed by atoms with Gasteiger partial charge in [-0.3, -0.25) is 9.78 Å². The molecular formula is C18H20N2O3S. The first-order valence-electron chi connectivity index (χ1n) is 8.33. The molecule has 24 heavy (non-hydrogen) atoms. The Hall–Kier alpha value is -1.92. The van der Waals surface area contributed by atoms with E-state index in [0.29, 0.717) is 6.61 Å². The standard InChI is InChI=1S/C18H20N2O3S/c21-18(13-6-9-24-12-13)20-8-5-17-16(20)4-3-15(23-17)11-22-14-2-1-7-19-10-14/h1-2,6-7,9-10,12,15-17H,3-5,8,11H2/t15-,16-,17-/m0/s1. The first kappa shape index (κ1) is 15.6. The lowest BCUT2D eigenvalue weighted by Crippen LogP contribution is -2.46. The average molecular weight is 344 g/mol. The van der Waals surface area contributed by atoms with Crippen LogP contribution in [0.25, 0.3) is 0 Å². The molecule has 4 heterocycles. The molecule has 3 atom stereocenters. The highest BCUT2D eigenvalue weighted by Crippen LogP contribution is 2.32. The summed E-state index contributed by atoms with van der Waals surface area (Å²) in [4.78, 5) is 18.6. The Morgan fingerprint density at radius 2 is 2.33 bits per heavy atom. The minimum Gasteiger partial charge on any atom is -0.489 e. The summed E-state index contributed by atoms with van der Waals surface area (Å²) >= 11 is 1.56. The molecule has 4 rings (SSSR count). The van der Waals surface area contributed by atoms with Crippen molar-refractivity contribution in [3.63, 3.8) is 0 Å². The van der Waals surface area contributed by atoms with E-state index in [-0.39, 0.29) is 24.2 Å². The molecule has 5 nitrogen and oxygen atoms in total. The molecule has 6 heteroatoms. The summed E-state index contributed by atoms with van der Waals surface area (Å²) < 4.78 is 12.0. The number of carbonyl (C=O) groups is 1. The van der Waals surface area contributed by atoms with Crippen LogP contribution in [0.1, 0.15) is 29.6 Å². The van der Waals surface area contributed by atoms with E-state index in [1.54, 1.807) is 23.7 Å². The number of pyridine rings is 1. The van der Waals surface area contributed by atoms with Crippen molar-refractivity contribution in [2.24, 2.45) is 0 Å². The molecule has 0 radical (unpaired) electrons. The van der Waals surface area contributed by atoms with Gasteiger partial charge in [-0.2, -0.15) is 11.3 Å². The average Bonchev–Trinajstić information content (AvgIpc) is 3.30. The maximum absolute atomic E-state index is 12.6. The Balaban J connectivity index is 1.33. The van der Waals surface area contributed by atoms with Crippen LogP contribution in [0.3, 0.4) is 0 Å². The zero-order valence-corrected chi connectivity index (χ0v) is 14.2. The molecule has 126 valence electrons. The minimum absolute atomic E-state index is 0.0858. The summed E-state index contributed by atoms with van der Waals surface area (Å²) in [6, 6.07) is 5.86. The fourth-order valence-corrected chi connectivity index (χ4v) is 4.18. The molecule has 0 spiro atoms. The van der Waals surface area contributed by atoms with Crippen LogP contribution < -0.4 is 4.74 Å². The third-order valence-electron chi connectivity index (χ3n) is 4.73. The number of aromatic nitrogens is 1. The van der Waals surface area contributed by atoms with Gasteiger partial charge in [-0.15, -0.1) is 0 Å². The summed E-state index contributed by atoms with van der Waals surface area (Å²) in [5, 5.41) is 3.87. The number of amides is 1. The van der Waals surface area contributed by atoms with E-state index in [0.717, 1.165) is 37.1 Å². The summed E-state index contributed by atoms with van der Waals surface area (Å²) in [6.45, 7) is 1.31. The van der Waals surface area contributed by atoms with Crippen LogP contribution in [-0.4, -0.2) is 47.2 Å². The van der Waals surface area contributed by atoms with Crippen LogP contribution in [0, 0.1) is 0 Å². The van der Waals surface area contributed by atoms with Crippen molar-refractivity contribution in [2.45, 2.75) is 37.5 Å². The molecular weight excluding hydrogens is 324 g/mol. The molecule has 0 bridgehead atoms. The van der Waals surface area contributed by atoms with Gasteiger partial charge in [-0.1, -0.05) is 0 Å². The predicted molar refractivity (Wildman–Crippen MR) is 91.4 cm³/mol. The first-order valence-corrected chi connectivity index (χ1v) is 9.27. The number of likely N-dealkylation sites (tertiary alicyclic amines) is 1. The van der Waals surface area contributed by atoms with Gasteiger partial charge in [-0.25, -0.2) is 0 Å². The molecule has 0 saturated carbocycles. The number of rotatable bonds is 4. The van der Waals surface area contributed by atoms with E-state index < -0.39 is 0 Å². The van der Waals surface area contributed by atoms with E-state index in [1.165, 1.54) is 0 Å². The van der Waals surface area contributed by atoms with Crippen molar-refractivity contribution >= 4 is 17.2 Å². The van der Waals surface area contributed by atoms with E-state index in [9.17, 15) is 4.79 Å². The SMILES string of the molecule is O=C(c1ccsc1)N1CC[C@@H]2O[C@H](COc3cccnc3)CC[C@@H]21. The molecule has 2 aromatic heterocycles. The van der Waals surface area contributed by atoms with Crippen molar-refractivity contribution in [1.82, 2.24) is 9.88 Å². The molecule has 0 aliphatic carbocycles. The van der Waals surface area contributed by atoms with Gasteiger partial charge in [-0.05, 0) is 42.8 Å². The molecule has 2 saturated heterocycles. The Bertz CT molecular complexity index is 677. The number of fused-ring (bicyclic) bond motifs is 1. The third-order valence-corrected chi connectivity index (χ3v) is 5.42. The lowest BCUT2D eigenvalue weighted by Gasteiger charge is -2.35. The van der Waals surface area contributed by atoms with Gasteiger partial charge < -0.3 is 14.4 Å². The van der Waals surface area contributed by atoms with Crippen molar-refractivity contribution in [3.05, 3.63) is 46.9 Å². The number of nitrogens with zero attached hydrogens (tertiary/aromatic N) is 2. The van der Waals surface area contributed by atoms with Crippen LogP contribution in [0.5, 0.6) is 5.75 Å².